The molecule has 25 heavy (non-hydrogen) atoms. The summed E-state index contributed by atoms with van der Waals surface area (Å²) in [6.45, 7) is 0.331. The molecule has 1 aromatic heterocycles. The molecule has 0 aliphatic carbocycles. The quantitative estimate of drug-likeness (QED) is 0.763. The molecule has 1 amide bonds. The molecule has 2 rings (SSSR count). The number of carbonyl (C=O) groups excluding carboxylic acids is 1. The Kier molecular flexibility index (Phi) is 6.49. The molecule has 1 N–H and O–H groups in total. The van der Waals surface area contributed by atoms with Gasteiger partial charge >= 0.3 is 0 Å². The monoisotopic (exact) mass is 363 g/mol. The smallest absolute Gasteiger partial charge is 0.254 e. The molecule has 8 heteroatoms. The van der Waals surface area contributed by atoms with E-state index in [0.29, 0.717) is 11.3 Å². The Morgan fingerprint density at radius 1 is 1.28 bits per heavy atom. The Balaban J connectivity index is 2.24. The van der Waals surface area contributed by atoms with Crippen LogP contribution >= 0.6 is 0 Å². The Morgan fingerprint density at radius 3 is 2.72 bits per heavy atom. The topological polar surface area (TPSA) is 88.6 Å². The van der Waals surface area contributed by atoms with E-state index < -0.39 is 10.0 Å². The number of amides is 1. The van der Waals surface area contributed by atoms with Crippen molar-refractivity contribution in [2.75, 3.05) is 26.5 Å². The fourth-order valence-corrected chi connectivity index (χ4v) is 2.90. The van der Waals surface area contributed by atoms with Gasteiger partial charge in [-0.25, -0.2) is 13.1 Å². The predicted molar refractivity (Wildman–Crippen MR) is 94.8 cm³/mol. The SMILES string of the molecule is CNS(=O)(=O)CCN(Cc1cccnc1)C(=O)c1cccc(OC)c1. The summed E-state index contributed by atoms with van der Waals surface area (Å²) in [5.74, 6) is 0.114. The summed E-state index contributed by atoms with van der Waals surface area (Å²) >= 11 is 0. The third-order valence-corrected chi connectivity index (χ3v) is 4.98. The van der Waals surface area contributed by atoms with E-state index in [2.05, 4.69) is 9.71 Å². The molecule has 0 atom stereocenters. The highest BCUT2D eigenvalue weighted by molar-refractivity contribution is 7.89. The van der Waals surface area contributed by atoms with E-state index in [1.165, 1.54) is 19.1 Å². The van der Waals surface area contributed by atoms with Gasteiger partial charge in [-0.3, -0.25) is 9.78 Å². The summed E-state index contributed by atoms with van der Waals surface area (Å²) in [6.07, 6.45) is 3.29. The number of hydrogen-bond donors (Lipinski definition) is 1. The third kappa shape index (κ3) is 5.54. The first-order chi connectivity index (χ1) is 11.9. The zero-order chi connectivity index (χ0) is 18.3. The molecule has 0 aliphatic heterocycles. The number of pyridine rings is 1. The number of hydrogen-bond acceptors (Lipinski definition) is 5. The molecule has 0 saturated carbocycles. The van der Waals surface area contributed by atoms with Crippen LogP contribution in [0.25, 0.3) is 0 Å². The summed E-state index contributed by atoms with van der Waals surface area (Å²) < 4.78 is 30.9. The van der Waals surface area contributed by atoms with Crippen LogP contribution in [0.5, 0.6) is 5.75 Å². The number of carbonyl (C=O) groups is 1. The molecule has 0 unspecified atom stereocenters. The van der Waals surface area contributed by atoms with Gasteiger partial charge in [0.15, 0.2) is 0 Å². The van der Waals surface area contributed by atoms with Crippen molar-refractivity contribution in [1.82, 2.24) is 14.6 Å². The van der Waals surface area contributed by atoms with Crippen molar-refractivity contribution in [3.8, 4) is 5.75 Å². The van der Waals surface area contributed by atoms with Crippen LogP contribution in [0.1, 0.15) is 15.9 Å². The van der Waals surface area contributed by atoms with E-state index in [0.717, 1.165) is 5.56 Å². The minimum Gasteiger partial charge on any atom is -0.497 e. The van der Waals surface area contributed by atoms with Crippen molar-refractivity contribution >= 4 is 15.9 Å². The van der Waals surface area contributed by atoms with Crippen molar-refractivity contribution in [3.05, 3.63) is 59.9 Å². The first kappa shape index (κ1) is 18.9. The van der Waals surface area contributed by atoms with Crippen molar-refractivity contribution in [2.24, 2.45) is 0 Å². The van der Waals surface area contributed by atoms with Gasteiger partial charge in [0.2, 0.25) is 10.0 Å². The van der Waals surface area contributed by atoms with Gasteiger partial charge in [0.1, 0.15) is 5.75 Å². The van der Waals surface area contributed by atoms with Gasteiger partial charge in [-0.05, 0) is 36.9 Å². The van der Waals surface area contributed by atoms with E-state index in [1.54, 1.807) is 42.7 Å². The standard InChI is InChI=1S/C17H21N3O4S/c1-18-25(22,23)10-9-20(13-14-5-4-8-19-12-14)17(21)15-6-3-7-16(11-15)24-2/h3-8,11-12,18H,9-10,13H2,1-2H3. The van der Waals surface area contributed by atoms with E-state index in [-0.39, 0.29) is 24.7 Å². The number of ether oxygens (including phenoxy) is 1. The van der Waals surface area contributed by atoms with E-state index in [1.807, 2.05) is 6.07 Å². The van der Waals surface area contributed by atoms with Gasteiger partial charge in [-0.1, -0.05) is 12.1 Å². The summed E-state index contributed by atoms with van der Waals surface area (Å²) in [6, 6.07) is 10.4. The molecular formula is C17H21N3O4S. The van der Waals surface area contributed by atoms with Crippen LogP contribution in [0.4, 0.5) is 0 Å². The zero-order valence-corrected chi connectivity index (χ0v) is 15.0. The lowest BCUT2D eigenvalue weighted by molar-refractivity contribution is 0.0753. The Hall–Kier alpha value is -2.45. The number of nitrogens with zero attached hydrogens (tertiary/aromatic N) is 2. The van der Waals surface area contributed by atoms with Gasteiger partial charge < -0.3 is 9.64 Å². The summed E-state index contributed by atoms with van der Waals surface area (Å²) in [5, 5.41) is 0. The molecule has 0 aliphatic rings. The molecule has 134 valence electrons. The first-order valence-electron chi connectivity index (χ1n) is 7.68. The third-order valence-electron chi connectivity index (χ3n) is 3.64. The van der Waals surface area contributed by atoms with Crippen LogP contribution < -0.4 is 9.46 Å². The van der Waals surface area contributed by atoms with Crippen molar-refractivity contribution < 1.29 is 17.9 Å². The molecular weight excluding hydrogens is 342 g/mol. The fraction of sp³-hybridized carbons (Fsp3) is 0.294. The number of sulfonamides is 1. The normalized spacial score (nSPS) is 11.1. The number of rotatable bonds is 8. The number of aromatic nitrogens is 1. The molecule has 0 fully saturated rings. The van der Waals surface area contributed by atoms with Crippen LogP contribution in [0, 0.1) is 0 Å². The van der Waals surface area contributed by atoms with Crippen LogP contribution in [0.3, 0.4) is 0 Å². The Labute approximate surface area is 147 Å². The molecule has 0 bridgehead atoms. The number of methoxy groups -OCH3 is 1. The lowest BCUT2D eigenvalue weighted by atomic mass is 10.1. The molecule has 0 radical (unpaired) electrons. The molecule has 0 saturated heterocycles. The average molecular weight is 363 g/mol. The highest BCUT2D eigenvalue weighted by Gasteiger charge is 2.19. The average Bonchev–Trinajstić information content (AvgIpc) is 2.65. The lowest BCUT2D eigenvalue weighted by Crippen LogP contribution is -2.37. The number of nitrogens with one attached hydrogen (secondary N) is 1. The molecule has 0 spiro atoms. The minimum atomic E-state index is -3.42. The Bertz CT molecular complexity index is 810. The summed E-state index contributed by atoms with van der Waals surface area (Å²) in [7, 11) is -0.543. The van der Waals surface area contributed by atoms with Gasteiger partial charge in [-0.15, -0.1) is 0 Å². The van der Waals surface area contributed by atoms with Crippen LogP contribution in [-0.2, 0) is 16.6 Å². The van der Waals surface area contributed by atoms with Crippen LogP contribution in [-0.4, -0.2) is 50.7 Å². The van der Waals surface area contributed by atoms with Gasteiger partial charge in [0.25, 0.3) is 5.91 Å². The molecule has 2 aromatic rings. The van der Waals surface area contributed by atoms with Gasteiger partial charge in [0.05, 0.1) is 12.9 Å². The first-order valence-corrected chi connectivity index (χ1v) is 9.34. The van der Waals surface area contributed by atoms with E-state index in [4.69, 9.17) is 4.74 Å². The highest BCUT2D eigenvalue weighted by Crippen LogP contribution is 2.16. The maximum absolute atomic E-state index is 12.9. The van der Waals surface area contributed by atoms with Crippen molar-refractivity contribution in [1.29, 1.82) is 0 Å². The van der Waals surface area contributed by atoms with Crippen molar-refractivity contribution in [3.63, 3.8) is 0 Å². The second-order valence-electron chi connectivity index (χ2n) is 5.34. The largest absolute Gasteiger partial charge is 0.497 e. The second-order valence-corrected chi connectivity index (χ2v) is 7.39. The number of benzene rings is 1. The van der Waals surface area contributed by atoms with Gasteiger partial charge in [-0.2, -0.15) is 0 Å². The van der Waals surface area contributed by atoms with Crippen LogP contribution in [0.15, 0.2) is 48.8 Å². The Morgan fingerprint density at radius 2 is 2.08 bits per heavy atom. The molecule has 7 nitrogen and oxygen atoms in total. The highest BCUT2D eigenvalue weighted by atomic mass is 32.2. The summed E-state index contributed by atoms with van der Waals surface area (Å²) in [4.78, 5) is 18.4. The zero-order valence-electron chi connectivity index (χ0n) is 14.2. The van der Waals surface area contributed by atoms with E-state index >= 15 is 0 Å². The van der Waals surface area contributed by atoms with E-state index in [9.17, 15) is 13.2 Å². The predicted octanol–water partition coefficient (Wildman–Crippen LogP) is 1.28. The van der Waals surface area contributed by atoms with Crippen LogP contribution in [0.2, 0.25) is 0 Å². The van der Waals surface area contributed by atoms with Crippen molar-refractivity contribution in [2.45, 2.75) is 6.54 Å². The lowest BCUT2D eigenvalue weighted by Gasteiger charge is -2.23. The molecule has 1 heterocycles. The van der Waals surface area contributed by atoms with Gasteiger partial charge in [0, 0.05) is 31.0 Å². The fourth-order valence-electron chi connectivity index (χ4n) is 2.24. The maximum Gasteiger partial charge on any atom is 0.254 e. The molecule has 1 aromatic carbocycles. The second kappa shape index (κ2) is 8.59. The minimum absolute atomic E-state index is 0.0636. The summed E-state index contributed by atoms with van der Waals surface area (Å²) in [5.41, 5.74) is 1.26. The maximum atomic E-state index is 12.9.